The van der Waals surface area contributed by atoms with Gasteiger partial charge in [0.25, 0.3) is 0 Å². The van der Waals surface area contributed by atoms with Gasteiger partial charge in [0.15, 0.2) is 0 Å². The Balaban J connectivity index is 1.50. The fraction of sp³-hybridized carbons (Fsp3) is 0.400. The SMILES string of the molecule is O=C(NCc1cccs1)N1CCCC(Oc2cccnn2)C1. The molecule has 1 unspecified atom stereocenters. The van der Waals surface area contributed by atoms with Crippen molar-refractivity contribution < 1.29 is 9.53 Å². The molecule has 1 N–H and O–H groups in total. The summed E-state index contributed by atoms with van der Waals surface area (Å²) < 4.78 is 5.79. The van der Waals surface area contributed by atoms with Crippen LogP contribution in [0.1, 0.15) is 17.7 Å². The van der Waals surface area contributed by atoms with Gasteiger partial charge in [-0.15, -0.1) is 16.4 Å². The van der Waals surface area contributed by atoms with E-state index in [0.29, 0.717) is 19.0 Å². The van der Waals surface area contributed by atoms with Crippen LogP contribution in [-0.2, 0) is 6.54 Å². The summed E-state index contributed by atoms with van der Waals surface area (Å²) in [6, 6.07) is 7.53. The number of urea groups is 1. The van der Waals surface area contributed by atoms with E-state index >= 15 is 0 Å². The molecule has 0 aliphatic carbocycles. The molecule has 3 heterocycles. The average molecular weight is 318 g/mol. The molecule has 0 aromatic carbocycles. The minimum atomic E-state index is -0.0409. The van der Waals surface area contributed by atoms with Gasteiger partial charge in [-0.1, -0.05) is 6.07 Å². The lowest BCUT2D eigenvalue weighted by Crippen LogP contribution is -2.48. The van der Waals surface area contributed by atoms with Gasteiger partial charge in [-0.05, 0) is 30.4 Å². The Hall–Kier alpha value is -2.15. The molecule has 1 saturated heterocycles. The van der Waals surface area contributed by atoms with Crippen molar-refractivity contribution in [3.63, 3.8) is 0 Å². The van der Waals surface area contributed by atoms with Gasteiger partial charge in [0.1, 0.15) is 6.10 Å². The lowest BCUT2D eigenvalue weighted by molar-refractivity contribution is 0.0969. The molecule has 7 heteroatoms. The summed E-state index contributed by atoms with van der Waals surface area (Å²) in [5.41, 5.74) is 0. The first kappa shape index (κ1) is 14.8. The number of rotatable bonds is 4. The molecule has 0 saturated carbocycles. The first-order valence-electron chi connectivity index (χ1n) is 7.31. The van der Waals surface area contributed by atoms with Crippen molar-refractivity contribution in [1.82, 2.24) is 20.4 Å². The number of nitrogens with zero attached hydrogens (tertiary/aromatic N) is 3. The molecule has 3 rings (SSSR count). The third kappa shape index (κ3) is 3.94. The number of thiophene rings is 1. The number of nitrogens with one attached hydrogen (secondary N) is 1. The Labute approximate surface area is 133 Å². The van der Waals surface area contributed by atoms with Crippen LogP contribution in [0, 0.1) is 0 Å². The Morgan fingerprint density at radius 1 is 1.45 bits per heavy atom. The van der Waals surface area contributed by atoms with E-state index < -0.39 is 0 Å². The molecular formula is C15H18N4O2S. The molecule has 6 nitrogen and oxygen atoms in total. The van der Waals surface area contributed by atoms with Crippen LogP contribution in [-0.4, -0.2) is 40.3 Å². The minimum absolute atomic E-state index is 0.0297. The zero-order valence-corrected chi connectivity index (χ0v) is 13.0. The van der Waals surface area contributed by atoms with E-state index in [9.17, 15) is 4.79 Å². The van der Waals surface area contributed by atoms with Crippen LogP contribution >= 0.6 is 11.3 Å². The summed E-state index contributed by atoms with van der Waals surface area (Å²) in [5, 5.41) is 12.7. The van der Waals surface area contributed by atoms with Crippen molar-refractivity contribution in [2.45, 2.75) is 25.5 Å². The van der Waals surface area contributed by atoms with Crippen LogP contribution in [0.5, 0.6) is 5.88 Å². The second kappa shape index (κ2) is 7.22. The highest BCUT2D eigenvalue weighted by Gasteiger charge is 2.25. The zero-order valence-electron chi connectivity index (χ0n) is 12.1. The van der Waals surface area contributed by atoms with Gasteiger partial charge in [-0.25, -0.2) is 4.79 Å². The molecule has 2 amide bonds. The fourth-order valence-electron chi connectivity index (χ4n) is 2.43. The Bertz CT molecular complexity index is 591. The highest BCUT2D eigenvalue weighted by Crippen LogP contribution is 2.16. The van der Waals surface area contributed by atoms with E-state index in [0.717, 1.165) is 24.3 Å². The number of carbonyl (C=O) groups is 1. The maximum absolute atomic E-state index is 12.2. The van der Waals surface area contributed by atoms with Gasteiger partial charge in [0, 0.05) is 23.7 Å². The van der Waals surface area contributed by atoms with Crippen molar-refractivity contribution >= 4 is 17.4 Å². The van der Waals surface area contributed by atoms with E-state index in [1.54, 1.807) is 34.6 Å². The number of amides is 2. The molecule has 1 atom stereocenters. The van der Waals surface area contributed by atoms with E-state index in [-0.39, 0.29) is 12.1 Å². The number of ether oxygens (including phenoxy) is 1. The highest BCUT2D eigenvalue weighted by atomic mass is 32.1. The molecule has 1 fully saturated rings. The van der Waals surface area contributed by atoms with Gasteiger partial charge in [-0.3, -0.25) is 0 Å². The number of aromatic nitrogens is 2. The second-order valence-corrected chi connectivity index (χ2v) is 6.16. The number of piperidine rings is 1. The standard InChI is InChI=1S/C15H18N4O2S/c20-15(16-10-13-5-3-9-22-13)19-8-2-4-12(11-19)21-14-6-1-7-17-18-14/h1,3,5-7,9,12H,2,4,8,10-11H2,(H,16,20). The van der Waals surface area contributed by atoms with E-state index in [4.69, 9.17) is 4.74 Å². The normalized spacial score (nSPS) is 18.0. The van der Waals surface area contributed by atoms with Crippen LogP contribution < -0.4 is 10.1 Å². The molecule has 116 valence electrons. The summed E-state index contributed by atoms with van der Waals surface area (Å²) in [6.45, 7) is 1.91. The molecule has 1 aliphatic heterocycles. The highest BCUT2D eigenvalue weighted by molar-refractivity contribution is 7.09. The zero-order chi connectivity index (χ0) is 15.2. The van der Waals surface area contributed by atoms with Crippen molar-refractivity contribution in [3.8, 4) is 5.88 Å². The minimum Gasteiger partial charge on any atom is -0.471 e. The molecule has 1 aliphatic rings. The van der Waals surface area contributed by atoms with Crippen molar-refractivity contribution in [1.29, 1.82) is 0 Å². The van der Waals surface area contributed by atoms with Gasteiger partial charge in [0.2, 0.25) is 5.88 Å². The second-order valence-electron chi connectivity index (χ2n) is 5.13. The van der Waals surface area contributed by atoms with Crippen molar-refractivity contribution in [2.75, 3.05) is 13.1 Å². The first-order valence-corrected chi connectivity index (χ1v) is 8.19. The lowest BCUT2D eigenvalue weighted by atomic mass is 10.1. The fourth-order valence-corrected chi connectivity index (χ4v) is 3.07. The summed E-state index contributed by atoms with van der Waals surface area (Å²) >= 11 is 1.64. The molecule has 0 radical (unpaired) electrons. The van der Waals surface area contributed by atoms with Crippen LogP contribution in [0.3, 0.4) is 0 Å². The van der Waals surface area contributed by atoms with E-state index in [1.165, 1.54) is 0 Å². The van der Waals surface area contributed by atoms with Crippen molar-refractivity contribution in [2.24, 2.45) is 0 Å². The Kier molecular flexibility index (Phi) is 4.85. The third-order valence-corrected chi connectivity index (χ3v) is 4.37. The van der Waals surface area contributed by atoms with E-state index in [1.807, 2.05) is 17.5 Å². The summed E-state index contributed by atoms with van der Waals surface area (Å²) in [5.74, 6) is 0.508. The monoisotopic (exact) mass is 318 g/mol. The molecule has 2 aromatic heterocycles. The largest absolute Gasteiger partial charge is 0.471 e. The first-order chi connectivity index (χ1) is 10.8. The quantitative estimate of drug-likeness (QED) is 0.939. The summed E-state index contributed by atoms with van der Waals surface area (Å²) in [7, 11) is 0. The third-order valence-electron chi connectivity index (χ3n) is 3.49. The van der Waals surface area contributed by atoms with Gasteiger partial charge >= 0.3 is 6.03 Å². The molecule has 2 aromatic rings. The maximum Gasteiger partial charge on any atom is 0.317 e. The summed E-state index contributed by atoms with van der Waals surface area (Å²) in [4.78, 5) is 15.2. The average Bonchev–Trinajstić information content (AvgIpc) is 3.07. The van der Waals surface area contributed by atoms with Crippen molar-refractivity contribution in [3.05, 3.63) is 40.7 Å². The van der Waals surface area contributed by atoms with Crippen LogP contribution in [0.25, 0.3) is 0 Å². The van der Waals surface area contributed by atoms with Gasteiger partial charge in [0.05, 0.1) is 13.1 Å². The molecule has 0 spiro atoms. The van der Waals surface area contributed by atoms with Crippen LogP contribution in [0.2, 0.25) is 0 Å². The molecular weight excluding hydrogens is 300 g/mol. The number of carbonyl (C=O) groups excluding carboxylic acids is 1. The maximum atomic E-state index is 12.2. The number of hydrogen-bond donors (Lipinski definition) is 1. The number of hydrogen-bond acceptors (Lipinski definition) is 5. The predicted molar refractivity (Wildman–Crippen MR) is 83.8 cm³/mol. The molecule has 22 heavy (non-hydrogen) atoms. The van der Waals surface area contributed by atoms with Gasteiger partial charge < -0.3 is 15.0 Å². The summed E-state index contributed by atoms with van der Waals surface area (Å²) in [6.07, 6.45) is 3.43. The smallest absolute Gasteiger partial charge is 0.317 e. The van der Waals surface area contributed by atoms with Crippen LogP contribution in [0.15, 0.2) is 35.8 Å². The van der Waals surface area contributed by atoms with E-state index in [2.05, 4.69) is 15.5 Å². The number of likely N-dealkylation sites (tertiary alicyclic amines) is 1. The predicted octanol–water partition coefficient (Wildman–Crippen LogP) is 2.29. The Morgan fingerprint density at radius 2 is 2.41 bits per heavy atom. The van der Waals surface area contributed by atoms with Gasteiger partial charge in [-0.2, -0.15) is 5.10 Å². The van der Waals surface area contributed by atoms with Crippen LogP contribution in [0.4, 0.5) is 4.79 Å². The Morgan fingerprint density at radius 3 is 3.18 bits per heavy atom. The lowest BCUT2D eigenvalue weighted by Gasteiger charge is -2.32. The topological polar surface area (TPSA) is 67.4 Å². The molecule has 0 bridgehead atoms.